The Morgan fingerprint density at radius 1 is 1.05 bits per heavy atom. The minimum Gasteiger partial charge on any atom is -0.317 e. The smallest absolute Gasteiger partial charge is 0.164 e. The van der Waals surface area contributed by atoms with Crippen LogP contribution in [0.25, 0.3) is 22.5 Å². The summed E-state index contributed by atoms with van der Waals surface area (Å²) in [5.41, 5.74) is 3.66. The van der Waals surface area contributed by atoms with Crippen LogP contribution in [-0.4, -0.2) is 14.8 Å². The number of hydrogen-bond acceptors (Lipinski definition) is 3. The maximum atomic E-state index is 9.10. The Morgan fingerprint density at radius 3 is 2.50 bits per heavy atom. The Labute approximate surface area is 116 Å². The Hall–Kier alpha value is -2.93. The fraction of sp³-hybridized carbons (Fsp3) is 0.0625. The van der Waals surface area contributed by atoms with E-state index in [4.69, 9.17) is 5.26 Å². The minimum atomic E-state index is 0.614. The second-order valence-corrected chi connectivity index (χ2v) is 4.50. The summed E-state index contributed by atoms with van der Waals surface area (Å²) in [5.74, 6) is 0.751. The number of hydrogen-bond donors (Lipinski definition) is 0. The first kappa shape index (κ1) is 12.1. The van der Waals surface area contributed by atoms with E-state index in [0.29, 0.717) is 5.56 Å². The molecule has 0 amide bonds. The van der Waals surface area contributed by atoms with Gasteiger partial charge in [-0.05, 0) is 23.3 Å². The summed E-state index contributed by atoms with van der Waals surface area (Å²) < 4.78 is 1.85. The third-order valence-electron chi connectivity index (χ3n) is 3.19. The van der Waals surface area contributed by atoms with E-state index in [1.165, 1.54) is 0 Å². The molecular weight excluding hydrogens is 248 g/mol. The van der Waals surface area contributed by atoms with Crippen LogP contribution in [0.3, 0.4) is 0 Å². The lowest BCUT2D eigenvalue weighted by atomic mass is 9.97. The van der Waals surface area contributed by atoms with Crippen molar-refractivity contribution >= 4 is 0 Å². The van der Waals surface area contributed by atoms with E-state index in [9.17, 15) is 0 Å². The molecule has 3 rings (SSSR count). The van der Waals surface area contributed by atoms with Gasteiger partial charge in [0.1, 0.15) is 6.33 Å². The molecule has 0 radical (unpaired) electrons. The summed E-state index contributed by atoms with van der Waals surface area (Å²) in [4.78, 5) is 0. The van der Waals surface area contributed by atoms with Gasteiger partial charge in [-0.2, -0.15) is 5.26 Å². The van der Waals surface area contributed by atoms with Crippen LogP contribution in [-0.2, 0) is 7.05 Å². The molecule has 0 N–H and O–H groups in total. The second kappa shape index (κ2) is 4.98. The average Bonchev–Trinajstić information content (AvgIpc) is 2.93. The number of nitrogens with zero attached hydrogens (tertiary/aromatic N) is 4. The van der Waals surface area contributed by atoms with Crippen LogP contribution in [0, 0.1) is 11.3 Å². The Morgan fingerprint density at radius 2 is 1.85 bits per heavy atom. The van der Waals surface area contributed by atoms with E-state index in [-0.39, 0.29) is 0 Å². The summed E-state index contributed by atoms with van der Waals surface area (Å²) in [6.45, 7) is 0. The third-order valence-corrected chi connectivity index (χ3v) is 3.19. The molecule has 0 aliphatic rings. The van der Waals surface area contributed by atoms with E-state index in [1.54, 1.807) is 6.33 Å². The van der Waals surface area contributed by atoms with Crippen LogP contribution >= 0.6 is 0 Å². The summed E-state index contributed by atoms with van der Waals surface area (Å²) in [5, 5.41) is 17.2. The van der Waals surface area contributed by atoms with Crippen molar-refractivity contribution in [3.05, 3.63) is 60.4 Å². The Balaban J connectivity index is 2.26. The van der Waals surface area contributed by atoms with Gasteiger partial charge in [-0.25, -0.2) is 0 Å². The highest BCUT2D eigenvalue weighted by Crippen LogP contribution is 2.31. The predicted octanol–water partition coefficient (Wildman–Crippen LogP) is 3.02. The normalized spacial score (nSPS) is 10.2. The number of rotatable bonds is 2. The molecule has 2 aromatic carbocycles. The molecule has 0 bridgehead atoms. The molecule has 0 aliphatic carbocycles. The maximum Gasteiger partial charge on any atom is 0.164 e. The van der Waals surface area contributed by atoms with E-state index < -0.39 is 0 Å². The molecule has 0 spiro atoms. The van der Waals surface area contributed by atoms with Gasteiger partial charge in [0.15, 0.2) is 5.82 Å². The fourth-order valence-electron chi connectivity index (χ4n) is 2.20. The molecule has 0 aliphatic heterocycles. The molecular formula is C16H12N4. The quantitative estimate of drug-likeness (QED) is 0.711. The number of aromatic nitrogens is 3. The van der Waals surface area contributed by atoms with Crippen LogP contribution < -0.4 is 0 Å². The van der Waals surface area contributed by atoms with Crippen molar-refractivity contribution in [1.29, 1.82) is 5.26 Å². The van der Waals surface area contributed by atoms with Gasteiger partial charge < -0.3 is 4.57 Å². The van der Waals surface area contributed by atoms with Crippen LogP contribution in [0.1, 0.15) is 5.56 Å². The Bertz CT molecular complexity index is 782. The zero-order valence-electron chi connectivity index (χ0n) is 11.0. The Kier molecular flexibility index (Phi) is 3.02. The first-order valence-corrected chi connectivity index (χ1v) is 6.23. The lowest BCUT2D eigenvalue weighted by molar-refractivity contribution is 0.920. The van der Waals surface area contributed by atoms with Crippen molar-refractivity contribution < 1.29 is 0 Å². The largest absolute Gasteiger partial charge is 0.317 e. The molecule has 96 valence electrons. The monoisotopic (exact) mass is 260 g/mol. The SMILES string of the molecule is Cn1cnnc1-c1cc(C#N)ccc1-c1ccccc1. The average molecular weight is 260 g/mol. The highest BCUT2D eigenvalue weighted by Gasteiger charge is 2.12. The van der Waals surface area contributed by atoms with E-state index in [2.05, 4.69) is 16.3 Å². The lowest BCUT2D eigenvalue weighted by Gasteiger charge is -2.09. The highest BCUT2D eigenvalue weighted by atomic mass is 15.2. The predicted molar refractivity (Wildman–Crippen MR) is 76.6 cm³/mol. The van der Waals surface area contributed by atoms with Crippen molar-refractivity contribution in [3.8, 4) is 28.6 Å². The molecule has 0 atom stereocenters. The van der Waals surface area contributed by atoms with Crippen LogP contribution in [0.15, 0.2) is 54.9 Å². The molecule has 20 heavy (non-hydrogen) atoms. The van der Waals surface area contributed by atoms with E-state index in [0.717, 1.165) is 22.5 Å². The van der Waals surface area contributed by atoms with Gasteiger partial charge in [0.25, 0.3) is 0 Å². The van der Waals surface area contributed by atoms with Gasteiger partial charge in [-0.3, -0.25) is 0 Å². The van der Waals surface area contributed by atoms with Crippen molar-refractivity contribution in [2.75, 3.05) is 0 Å². The first-order valence-electron chi connectivity index (χ1n) is 6.23. The van der Waals surface area contributed by atoms with E-state index in [1.807, 2.05) is 60.1 Å². The molecule has 4 nitrogen and oxygen atoms in total. The van der Waals surface area contributed by atoms with Crippen molar-refractivity contribution in [2.24, 2.45) is 7.05 Å². The minimum absolute atomic E-state index is 0.614. The molecule has 0 saturated carbocycles. The van der Waals surface area contributed by atoms with Crippen molar-refractivity contribution in [3.63, 3.8) is 0 Å². The van der Waals surface area contributed by atoms with Crippen LogP contribution in [0.2, 0.25) is 0 Å². The van der Waals surface area contributed by atoms with Gasteiger partial charge in [0, 0.05) is 12.6 Å². The number of benzene rings is 2. The van der Waals surface area contributed by atoms with Crippen molar-refractivity contribution in [1.82, 2.24) is 14.8 Å². The van der Waals surface area contributed by atoms with Crippen molar-refractivity contribution in [2.45, 2.75) is 0 Å². The molecule has 4 heteroatoms. The first-order chi connectivity index (χ1) is 9.79. The standard InChI is InChI=1S/C16H12N4/c1-20-11-18-19-16(20)15-9-12(10-17)7-8-14(15)13-5-3-2-4-6-13/h2-9,11H,1H3. The highest BCUT2D eigenvalue weighted by molar-refractivity contribution is 5.81. The molecule has 0 fully saturated rings. The van der Waals surface area contributed by atoms with Crippen LogP contribution in [0.5, 0.6) is 0 Å². The molecule has 0 unspecified atom stereocenters. The zero-order valence-corrected chi connectivity index (χ0v) is 11.0. The summed E-state index contributed by atoms with van der Waals surface area (Å²) >= 11 is 0. The lowest BCUT2D eigenvalue weighted by Crippen LogP contribution is -1.94. The number of nitriles is 1. The fourth-order valence-corrected chi connectivity index (χ4v) is 2.20. The van der Waals surface area contributed by atoms with Gasteiger partial charge in [-0.1, -0.05) is 36.4 Å². The van der Waals surface area contributed by atoms with E-state index >= 15 is 0 Å². The molecule has 1 heterocycles. The zero-order chi connectivity index (χ0) is 13.9. The van der Waals surface area contributed by atoms with Gasteiger partial charge in [-0.15, -0.1) is 10.2 Å². The summed E-state index contributed by atoms with van der Waals surface area (Å²) in [6, 6.07) is 17.9. The third kappa shape index (κ3) is 2.06. The molecule has 0 saturated heterocycles. The summed E-state index contributed by atoms with van der Waals surface area (Å²) in [6.07, 6.45) is 1.66. The maximum absolute atomic E-state index is 9.10. The molecule has 3 aromatic rings. The van der Waals surface area contributed by atoms with Gasteiger partial charge in [0.2, 0.25) is 0 Å². The topological polar surface area (TPSA) is 54.5 Å². The van der Waals surface area contributed by atoms with Crippen LogP contribution in [0.4, 0.5) is 0 Å². The number of aryl methyl sites for hydroxylation is 1. The second-order valence-electron chi connectivity index (χ2n) is 4.50. The van der Waals surface area contributed by atoms with Gasteiger partial charge >= 0.3 is 0 Å². The molecule has 1 aromatic heterocycles. The van der Waals surface area contributed by atoms with Gasteiger partial charge in [0.05, 0.1) is 11.6 Å². The summed E-state index contributed by atoms with van der Waals surface area (Å²) in [7, 11) is 1.89.